The molecule has 0 amide bonds. The highest BCUT2D eigenvalue weighted by Crippen LogP contribution is 2.36. The summed E-state index contributed by atoms with van der Waals surface area (Å²) in [5, 5.41) is 2.79. The number of hydrogen-bond acceptors (Lipinski definition) is 5. The molecule has 17 heavy (non-hydrogen) atoms. The summed E-state index contributed by atoms with van der Waals surface area (Å²) in [6.07, 6.45) is 0.983. The molecular weight excluding hydrogens is 253 g/mol. The molecule has 0 saturated heterocycles. The molecule has 1 unspecified atom stereocenters. The van der Waals surface area contributed by atoms with Crippen molar-refractivity contribution in [3.8, 4) is 0 Å². The molecule has 0 radical (unpaired) electrons. The second-order valence-electron chi connectivity index (χ2n) is 3.50. The molecule has 2 heterocycles. The number of halogens is 3. The molecule has 1 aliphatic heterocycles. The van der Waals surface area contributed by atoms with E-state index in [-0.39, 0.29) is 10.8 Å². The molecular formula is C9H9F3N4S. The van der Waals surface area contributed by atoms with Gasteiger partial charge in [-0.3, -0.25) is 5.73 Å². The SMILES string of the molecule is NC1=CC=CC(N)(c2ncc(C(F)(F)F)s2)N1. The number of alkyl halides is 3. The molecule has 0 aromatic carbocycles. The first-order chi connectivity index (χ1) is 7.81. The van der Waals surface area contributed by atoms with E-state index < -0.39 is 16.7 Å². The largest absolute Gasteiger partial charge is 0.427 e. The maximum Gasteiger partial charge on any atom is 0.427 e. The minimum absolute atomic E-state index is 0.108. The van der Waals surface area contributed by atoms with E-state index in [2.05, 4.69) is 10.3 Å². The average Bonchev–Trinajstić information content (AvgIpc) is 2.65. The molecule has 1 aliphatic rings. The van der Waals surface area contributed by atoms with Crippen molar-refractivity contribution >= 4 is 11.3 Å². The Hall–Kier alpha value is -1.54. The van der Waals surface area contributed by atoms with Crippen molar-refractivity contribution in [2.75, 3.05) is 0 Å². The van der Waals surface area contributed by atoms with Gasteiger partial charge in [0, 0.05) is 0 Å². The van der Waals surface area contributed by atoms with Gasteiger partial charge in [-0.05, 0) is 12.2 Å². The summed E-state index contributed by atoms with van der Waals surface area (Å²) in [5.74, 6) is 0.277. The van der Waals surface area contributed by atoms with Gasteiger partial charge in [0.15, 0.2) is 5.66 Å². The first-order valence-electron chi connectivity index (χ1n) is 4.57. The molecule has 1 atom stereocenters. The molecule has 0 fully saturated rings. The molecule has 0 spiro atoms. The number of dihydropyridines is 1. The lowest BCUT2D eigenvalue weighted by atomic mass is 10.1. The number of aromatic nitrogens is 1. The standard InChI is InChI=1S/C9H9F3N4S/c10-9(11,12)5-4-15-7(17-5)8(14)3-1-2-6(13)16-8/h1-4,16H,13-14H2. The van der Waals surface area contributed by atoms with E-state index in [1.165, 1.54) is 6.08 Å². The lowest BCUT2D eigenvalue weighted by Gasteiger charge is -2.28. The summed E-state index contributed by atoms with van der Waals surface area (Å²) in [6, 6.07) is 0. The van der Waals surface area contributed by atoms with E-state index in [0.717, 1.165) is 6.20 Å². The second kappa shape index (κ2) is 3.74. The fourth-order valence-corrected chi connectivity index (χ4v) is 2.17. The zero-order chi connectivity index (χ0) is 12.7. The Balaban J connectivity index is 2.33. The third-order valence-corrected chi connectivity index (χ3v) is 3.32. The van der Waals surface area contributed by atoms with Crippen LogP contribution in [0.4, 0.5) is 13.2 Å². The Bertz CT molecular complexity index is 491. The van der Waals surface area contributed by atoms with Gasteiger partial charge in [-0.15, -0.1) is 11.3 Å². The van der Waals surface area contributed by atoms with Crippen LogP contribution in [-0.2, 0) is 11.8 Å². The van der Waals surface area contributed by atoms with Crippen LogP contribution in [0.25, 0.3) is 0 Å². The summed E-state index contributed by atoms with van der Waals surface area (Å²) in [6.45, 7) is 0. The molecule has 8 heteroatoms. The van der Waals surface area contributed by atoms with Gasteiger partial charge in [0.25, 0.3) is 0 Å². The minimum Gasteiger partial charge on any atom is -0.385 e. The van der Waals surface area contributed by atoms with Gasteiger partial charge in [0.1, 0.15) is 9.88 Å². The van der Waals surface area contributed by atoms with Gasteiger partial charge in [0.05, 0.1) is 12.0 Å². The Morgan fingerprint density at radius 3 is 2.65 bits per heavy atom. The number of rotatable bonds is 1. The highest BCUT2D eigenvalue weighted by atomic mass is 32.1. The molecule has 1 aromatic heterocycles. The summed E-state index contributed by atoms with van der Waals surface area (Å²) in [5.41, 5.74) is 10.1. The van der Waals surface area contributed by atoms with E-state index in [1.54, 1.807) is 12.2 Å². The number of hydrogen-bond donors (Lipinski definition) is 3. The number of nitrogens with two attached hydrogens (primary N) is 2. The van der Waals surface area contributed by atoms with Crippen LogP contribution in [0.15, 0.2) is 30.2 Å². The Morgan fingerprint density at radius 2 is 2.12 bits per heavy atom. The van der Waals surface area contributed by atoms with E-state index >= 15 is 0 Å². The number of thiazole rings is 1. The third kappa shape index (κ3) is 2.27. The van der Waals surface area contributed by atoms with Crippen LogP contribution in [0.3, 0.4) is 0 Å². The topological polar surface area (TPSA) is 77.0 Å². The molecule has 2 rings (SSSR count). The first kappa shape index (κ1) is 11.9. The highest BCUT2D eigenvalue weighted by Gasteiger charge is 2.37. The van der Waals surface area contributed by atoms with E-state index in [9.17, 15) is 13.2 Å². The van der Waals surface area contributed by atoms with Gasteiger partial charge in [-0.2, -0.15) is 13.2 Å². The molecule has 5 N–H and O–H groups in total. The fraction of sp³-hybridized carbons (Fsp3) is 0.222. The average molecular weight is 262 g/mol. The van der Waals surface area contributed by atoms with Gasteiger partial charge < -0.3 is 11.1 Å². The summed E-state index contributed by atoms with van der Waals surface area (Å²) in [7, 11) is 0. The summed E-state index contributed by atoms with van der Waals surface area (Å²) >= 11 is 0.490. The second-order valence-corrected chi connectivity index (χ2v) is 4.53. The minimum atomic E-state index is -4.41. The van der Waals surface area contributed by atoms with Gasteiger partial charge >= 0.3 is 6.18 Å². The zero-order valence-corrected chi connectivity index (χ0v) is 9.27. The van der Waals surface area contributed by atoms with Crippen molar-refractivity contribution in [2.45, 2.75) is 11.8 Å². The predicted molar refractivity (Wildman–Crippen MR) is 57.5 cm³/mol. The Kier molecular flexibility index (Phi) is 2.63. The van der Waals surface area contributed by atoms with Crippen LogP contribution >= 0.6 is 11.3 Å². The lowest BCUT2D eigenvalue weighted by Crippen LogP contribution is -2.50. The maximum absolute atomic E-state index is 12.4. The van der Waals surface area contributed by atoms with E-state index in [4.69, 9.17) is 11.5 Å². The van der Waals surface area contributed by atoms with Crippen molar-refractivity contribution in [3.63, 3.8) is 0 Å². The fourth-order valence-electron chi connectivity index (χ4n) is 1.35. The molecule has 0 aliphatic carbocycles. The van der Waals surface area contributed by atoms with Crippen molar-refractivity contribution in [1.29, 1.82) is 0 Å². The van der Waals surface area contributed by atoms with E-state index in [1.807, 2.05) is 0 Å². The number of allylic oxidation sites excluding steroid dienone is 2. The molecule has 4 nitrogen and oxygen atoms in total. The molecule has 1 aromatic rings. The Morgan fingerprint density at radius 1 is 1.41 bits per heavy atom. The zero-order valence-electron chi connectivity index (χ0n) is 8.45. The smallest absolute Gasteiger partial charge is 0.385 e. The van der Waals surface area contributed by atoms with Gasteiger partial charge in [-0.1, -0.05) is 6.08 Å². The quantitative estimate of drug-likeness (QED) is 0.711. The maximum atomic E-state index is 12.4. The summed E-state index contributed by atoms with van der Waals surface area (Å²) in [4.78, 5) is 2.90. The van der Waals surface area contributed by atoms with Crippen LogP contribution in [0, 0.1) is 0 Å². The number of nitrogens with one attached hydrogen (secondary N) is 1. The monoisotopic (exact) mass is 262 g/mol. The number of nitrogens with zero attached hydrogens (tertiary/aromatic N) is 1. The van der Waals surface area contributed by atoms with Crippen molar-refractivity contribution in [3.05, 3.63) is 40.1 Å². The van der Waals surface area contributed by atoms with Crippen LogP contribution in [0.1, 0.15) is 9.88 Å². The van der Waals surface area contributed by atoms with Crippen molar-refractivity contribution in [2.24, 2.45) is 11.5 Å². The lowest BCUT2D eigenvalue weighted by molar-refractivity contribution is -0.134. The molecule has 0 saturated carbocycles. The van der Waals surface area contributed by atoms with E-state index in [0.29, 0.717) is 11.3 Å². The van der Waals surface area contributed by atoms with Crippen molar-refractivity contribution < 1.29 is 13.2 Å². The van der Waals surface area contributed by atoms with Crippen molar-refractivity contribution in [1.82, 2.24) is 10.3 Å². The first-order valence-corrected chi connectivity index (χ1v) is 5.38. The van der Waals surface area contributed by atoms with Crippen LogP contribution in [0.2, 0.25) is 0 Å². The predicted octanol–water partition coefficient (Wildman–Crippen LogP) is 1.23. The van der Waals surface area contributed by atoms with Gasteiger partial charge in [-0.25, -0.2) is 4.98 Å². The van der Waals surface area contributed by atoms with Crippen LogP contribution in [0.5, 0.6) is 0 Å². The van der Waals surface area contributed by atoms with Gasteiger partial charge in [0.2, 0.25) is 0 Å². The molecule has 0 bridgehead atoms. The van der Waals surface area contributed by atoms with Crippen LogP contribution in [-0.4, -0.2) is 4.98 Å². The highest BCUT2D eigenvalue weighted by molar-refractivity contribution is 7.11. The Labute approximate surface area is 98.8 Å². The summed E-state index contributed by atoms with van der Waals surface area (Å²) < 4.78 is 37.3. The molecule has 92 valence electrons. The normalized spacial score (nSPS) is 24.4. The van der Waals surface area contributed by atoms with Crippen LogP contribution < -0.4 is 16.8 Å². The third-order valence-electron chi connectivity index (χ3n) is 2.13.